The lowest BCUT2D eigenvalue weighted by Gasteiger charge is -2.33. The van der Waals surface area contributed by atoms with Crippen LogP contribution in [-0.4, -0.2) is 43.5 Å². The molecule has 0 aliphatic heterocycles. The molecule has 0 bridgehead atoms. The summed E-state index contributed by atoms with van der Waals surface area (Å²) in [5.41, 5.74) is 7.90. The van der Waals surface area contributed by atoms with Crippen LogP contribution in [0.1, 0.15) is 90.5 Å². The van der Waals surface area contributed by atoms with Crippen molar-refractivity contribution < 1.29 is 31.5 Å². The maximum Gasteiger partial charge on any atom is 0.389 e. The Morgan fingerprint density at radius 3 is 2.50 bits per heavy atom. The van der Waals surface area contributed by atoms with E-state index >= 15 is 0 Å². The second-order valence-electron chi connectivity index (χ2n) is 10.8. The first-order valence-corrected chi connectivity index (χ1v) is 13.2. The molecular weight excluding hydrogens is 535 g/mol. The highest BCUT2D eigenvalue weighted by Crippen LogP contribution is 2.46. The van der Waals surface area contributed by atoms with Crippen LogP contribution in [0.4, 0.5) is 22.0 Å². The molecule has 2 atom stereocenters. The third-order valence-corrected chi connectivity index (χ3v) is 7.77. The number of hydrogen-bond acceptors (Lipinski definition) is 5. The fraction of sp³-hybridized carbons (Fsp3) is 0.519. The van der Waals surface area contributed by atoms with Gasteiger partial charge in [-0.3, -0.25) is 14.6 Å². The zero-order valence-electron chi connectivity index (χ0n) is 21.5. The van der Waals surface area contributed by atoms with Crippen LogP contribution in [0.3, 0.4) is 0 Å². The highest BCUT2D eigenvalue weighted by molar-refractivity contribution is 5.94. The number of halogens is 5. The zero-order valence-corrected chi connectivity index (χ0v) is 21.5. The number of pyridine rings is 1. The van der Waals surface area contributed by atoms with Crippen LogP contribution < -0.4 is 11.1 Å². The molecule has 5 rings (SSSR count). The second-order valence-corrected chi connectivity index (χ2v) is 10.8. The number of primary amides is 1. The second kappa shape index (κ2) is 10.7. The molecule has 3 N–H and O–H groups in total. The van der Waals surface area contributed by atoms with Crippen LogP contribution in [0.2, 0.25) is 0 Å². The van der Waals surface area contributed by atoms with Crippen molar-refractivity contribution in [3.8, 4) is 0 Å². The van der Waals surface area contributed by atoms with Crippen LogP contribution in [0.15, 0.2) is 36.9 Å². The Hall–Kier alpha value is -3.64. The summed E-state index contributed by atoms with van der Waals surface area (Å²) in [7, 11) is 0. The molecule has 214 valence electrons. The van der Waals surface area contributed by atoms with Gasteiger partial charge in [0.05, 0.1) is 30.6 Å². The molecule has 0 radical (unpaired) electrons. The molecule has 2 fully saturated rings. The monoisotopic (exact) mass is 564 g/mol. The van der Waals surface area contributed by atoms with Crippen molar-refractivity contribution in [1.29, 1.82) is 0 Å². The minimum atomic E-state index is -4.42. The molecule has 3 aromatic heterocycles. The van der Waals surface area contributed by atoms with Crippen molar-refractivity contribution in [2.45, 2.75) is 75.4 Å². The number of hydrogen-bond donors (Lipinski definition) is 2. The number of rotatable bonds is 9. The van der Waals surface area contributed by atoms with E-state index in [4.69, 9.17) is 10.7 Å². The molecule has 0 spiro atoms. The third kappa shape index (κ3) is 6.39. The molecule has 2 aliphatic rings. The number of imidazole rings is 1. The Kier molecular flexibility index (Phi) is 7.49. The lowest BCUT2D eigenvalue weighted by Crippen LogP contribution is -2.30. The maximum atomic E-state index is 14.0. The highest BCUT2D eigenvalue weighted by Gasteiger charge is 2.40. The van der Waals surface area contributed by atoms with Gasteiger partial charge in [-0.15, -0.1) is 0 Å². The Balaban J connectivity index is 1.47. The van der Waals surface area contributed by atoms with Crippen LogP contribution >= 0.6 is 0 Å². The third-order valence-electron chi connectivity index (χ3n) is 7.77. The molecule has 0 unspecified atom stereocenters. The molecule has 3 heterocycles. The Bertz CT molecular complexity index is 1390. The summed E-state index contributed by atoms with van der Waals surface area (Å²) < 4.78 is 67.3. The smallest absolute Gasteiger partial charge is 0.366 e. The van der Waals surface area contributed by atoms with Gasteiger partial charge >= 0.3 is 6.18 Å². The van der Waals surface area contributed by atoms with Gasteiger partial charge in [-0.05, 0) is 60.8 Å². The highest BCUT2D eigenvalue weighted by atomic mass is 19.4. The zero-order chi connectivity index (χ0) is 28.7. The molecule has 2 saturated carbocycles. The molecule has 2 amide bonds. The molecule has 40 heavy (non-hydrogen) atoms. The van der Waals surface area contributed by atoms with Crippen LogP contribution in [0.25, 0.3) is 5.65 Å². The first-order valence-electron chi connectivity index (χ1n) is 13.2. The summed E-state index contributed by atoms with van der Waals surface area (Å²) in [5.74, 6) is -4.82. The summed E-state index contributed by atoms with van der Waals surface area (Å²) in [6.07, 6.45) is 1.37. The van der Waals surface area contributed by atoms with Gasteiger partial charge in [0.2, 0.25) is 17.7 Å². The van der Waals surface area contributed by atoms with Crippen molar-refractivity contribution in [1.82, 2.24) is 24.9 Å². The topological polar surface area (TPSA) is 115 Å². The van der Waals surface area contributed by atoms with E-state index in [-0.39, 0.29) is 43.1 Å². The van der Waals surface area contributed by atoms with E-state index in [1.165, 1.54) is 23.0 Å². The number of fused-ring (bicyclic) bond motifs is 1. The van der Waals surface area contributed by atoms with Gasteiger partial charge in [0.1, 0.15) is 0 Å². The minimum Gasteiger partial charge on any atom is -0.366 e. The average Bonchev–Trinajstić information content (AvgIpc) is 3.65. The molecule has 2 aliphatic carbocycles. The van der Waals surface area contributed by atoms with Gasteiger partial charge in [-0.25, -0.2) is 18.3 Å². The van der Waals surface area contributed by atoms with Gasteiger partial charge in [0.25, 0.3) is 0 Å². The standard InChI is InChI=1S/C27H29F5N6O2/c28-26(29)7-3-15(4-8-26)23(19-13-34-10-6-18(19)25(33)40)20-14-38-21(36-20)11-17(12-35-38)24(16-1-2-16)37-22(39)5-9-27(30,31)32/h6,10-16,23-24H,1-5,7-9H2,(H2,33,40)(H,37,39)/t23-,24+/m0/s1. The number of aromatic nitrogens is 4. The van der Waals surface area contributed by atoms with E-state index < -0.39 is 48.7 Å². The van der Waals surface area contributed by atoms with E-state index in [0.717, 1.165) is 12.8 Å². The Labute approximate surface area is 226 Å². The summed E-state index contributed by atoms with van der Waals surface area (Å²) in [5, 5.41) is 7.14. The van der Waals surface area contributed by atoms with E-state index in [9.17, 15) is 31.5 Å². The summed E-state index contributed by atoms with van der Waals surface area (Å²) >= 11 is 0. The number of nitrogens with two attached hydrogens (primary N) is 1. The fourth-order valence-electron chi connectivity index (χ4n) is 5.56. The predicted octanol–water partition coefficient (Wildman–Crippen LogP) is 5.09. The van der Waals surface area contributed by atoms with Gasteiger partial charge in [0, 0.05) is 43.1 Å². The quantitative estimate of drug-likeness (QED) is 0.352. The number of carbonyl (C=O) groups is 2. The van der Waals surface area contributed by atoms with Crippen molar-refractivity contribution in [2.75, 3.05) is 0 Å². The number of alkyl halides is 5. The van der Waals surface area contributed by atoms with Crippen molar-refractivity contribution in [3.05, 3.63) is 59.3 Å². The van der Waals surface area contributed by atoms with E-state index in [0.29, 0.717) is 22.5 Å². The van der Waals surface area contributed by atoms with Crippen molar-refractivity contribution >= 4 is 17.5 Å². The average molecular weight is 565 g/mol. The first-order chi connectivity index (χ1) is 18.9. The van der Waals surface area contributed by atoms with Crippen molar-refractivity contribution in [2.24, 2.45) is 17.6 Å². The predicted molar refractivity (Wildman–Crippen MR) is 133 cm³/mol. The van der Waals surface area contributed by atoms with Crippen LogP contribution in [0, 0.1) is 11.8 Å². The molecule has 8 nitrogen and oxygen atoms in total. The minimum absolute atomic E-state index is 0.0821. The van der Waals surface area contributed by atoms with E-state index in [1.807, 2.05) is 0 Å². The van der Waals surface area contributed by atoms with Crippen molar-refractivity contribution in [3.63, 3.8) is 0 Å². The first kappa shape index (κ1) is 27.9. The number of nitrogens with one attached hydrogen (secondary N) is 1. The van der Waals surface area contributed by atoms with Gasteiger partial charge < -0.3 is 11.1 Å². The SMILES string of the molecule is NC(=O)c1ccncc1[C@@H](c1cn2ncc([C@H](NC(=O)CCC(F)(F)F)C3CC3)cc2n1)C1CCC(F)(F)CC1. The maximum absolute atomic E-state index is 14.0. The summed E-state index contributed by atoms with van der Waals surface area (Å²) in [6.45, 7) is 0. The van der Waals surface area contributed by atoms with Gasteiger partial charge in [-0.1, -0.05) is 0 Å². The molecule has 3 aromatic rings. The van der Waals surface area contributed by atoms with Crippen LogP contribution in [-0.2, 0) is 4.79 Å². The number of carbonyl (C=O) groups excluding carboxylic acids is 2. The Morgan fingerprint density at radius 2 is 1.85 bits per heavy atom. The number of nitrogens with zero attached hydrogens (tertiary/aromatic N) is 4. The molecular formula is C27H29F5N6O2. The lowest BCUT2D eigenvalue weighted by molar-refractivity contribution is -0.144. The lowest BCUT2D eigenvalue weighted by atomic mass is 9.74. The van der Waals surface area contributed by atoms with Crippen LogP contribution in [0.5, 0.6) is 0 Å². The summed E-state index contributed by atoms with van der Waals surface area (Å²) in [6, 6.07) is 2.71. The van der Waals surface area contributed by atoms with E-state index in [2.05, 4.69) is 15.4 Å². The molecule has 13 heteroatoms. The van der Waals surface area contributed by atoms with E-state index in [1.54, 1.807) is 18.5 Å². The largest absolute Gasteiger partial charge is 0.389 e. The molecule has 0 saturated heterocycles. The van der Waals surface area contributed by atoms with Gasteiger partial charge in [-0.2, -0.15) is 18.3 Å². The summed E-state index contributed by atoms with van der Waals surface area (Å²) in [4.78, 5) is 33.4. The fourth-order valence-corrected chi connectivity index (χ4v) is 5.56. The Morgan fingerprint density at radius 1 is 1.12 bits per heavy atom. The normalized spacial score (nSPS) is 19.3. The number of amides is 2. The van der Waals surface area contributed by atoms with Gasteiger partial charge in [0.15, 0.2) is 5.65 Å². The molecule has 0 aromatic carbocycles.